The number of para-hydroxylation sites is 1. The molecule has 0 radical (unpaired) electrons. The third-order valence-corrected chi connectivity index (χ3v) is 5.97. The van der Waals surface area contributed by atoms with Crippen molar-refractivity contribution in [1.82, 2.24) is 14.9 Å². The zero-order chi connectivity index (χ0) is 19.8. The Bertz CT molecular complexity index is 895. The molecule has 2 aromatic heterocycles. The summed E-state index contributed by atoms with van der Waals surface area (Å²) >= 11 is 3.05. The maximum atomic E-state index is 12.7. The zero-order valence-electron chi connectivity index (χ0n) is 16.0. The van der Waals surface area contributed by atoms with Gasteiger partial charge in [-0.15, -0.1) is 11.3 Å². The standard InChI is InChI=1S/C20H23N3O3S2/c1-25-11-9-23(10-12-26-2)18(24)14-28-20-15-6-3-4-7-16(15)21-19(22-20)17-8-5-13-27-17/h3-8,13H,9-12,14H2,1-2H3. The van der Waals surface area contributed by atoms with E-state index in [2.05, 4.69) is 4.98 Å². The number of aromatic nitrogens is 2. The van der Waals surface area contributed by atoms with Gasteiger partial charge in [-0.2, -0.15) is 0 Å². The maximum absolute atomic E-state index is 12.7. The lowest BCUT2D eigenvalue weighted by atomic mass is 10.2. The molecule has 2 heterocycles. The van der Waals surface area contributed by atoms with Crippen molar-refractivity contribution in [2.45, 2.75) is 5.03 Å². The third-order valence-electron chi connectivity index (χ3n) is 4.13. The van der Waals surface area contributed by atoms with Gasteiger partial charge in [0.25, 0.3) is 0 Å². The van der Waals surface area contributed by atoms with Crippen LogP contribution in [0.25, 0.3) is 21.6 Å². The normalized spacial score (nSPS) is 11.1. The van der Waals surface area contributed by atoms with Gasteiger partial charge in [0, 0.05) is 32.7 Å². The van der Waals surface area contributed by atoms with E-state index in [-0.39, 0.29) is 5.91 Å². The Hall–Kier alpha value is -2.00. The second kappa shape index (κ2) is 10.5. The Morgan fingerprint density at radius 2 is 1.82 bits per heavy atom. The smallest absolute Gasteiger partial charge is 0.233 e. The van der Waals surface area contributed by atoms with Crippen molar-refractivity contribution in [1.29, 1.82) is 0 Å². The maximum Gasteiger partial charge on any atom is 0.233 e. The Morgan fingerprint density at radius 3 is 2.50 bits per heavy atom. The molecule has 0 aliphatic carbocycles. The molecule has 3 aromatic rings. The van der Waals surface area contributed by atoms with Crippen LogP contribution in [0.5, 0.6) is 0 Å². The van der Waals surface area contributed by atoms with Crippen molar-refractivity contribution in [3.05, 3.63) is 41.8 Å². The summed E-state index contributed by atoms with van der Waals surface area (Å²) in [5.41, 5.74) is 0.881. The van der Waals surface area contributed by atoms with E-state index in [1.807, 2.05) is 41.8 Å². The van der Waals surface area contributed by atoms with Gasteiger partial charge in [0.05, 0.1) is 29.4 Å². The Balaban J connectivity index is 1.79. The van der Waals surface area contributed by atoms with Crippen LogP contribution in [0.15, 0.2) is 46.8 Å². The molecule has 1 aromatic carbocycles. The van der Waals surface area contributed by atoms with Crippen LogP contribution in [0.2, 0.25) is 0 Å². The fourth-order valence-corrected chi connectivity index (χ4v) is 4.24. The Morgan fingerprint density at radius 1 is 1.07 bits per heavy atom. The van der Waals surface area contributed by atoms with Gasteiger partial charge in [0.1, 0.15) is 5.03 Å². The number of amides is 1. The molecule has 0 aliphatic heterocycles. The van der Waals surface area contributed by atoms with Crippen molar-refractivity contribution in [3.8, 4) is 10.7 Å². The van der Waals surface area contributed by atoms with Gasteiger partial charge < -0.3 is 14.4 Å². The fourth-order valence-electron chi connectivity index (χ4n) is 2.66. The summed E-state index contributed by atoms with van der Waals surface area (Å²) in [6, 6.07) is 11.9. The summed E-state index contributed by atoms with van der Waals surface area (Å²) in [4.78, 5) is 24.9. The van der Waals surface area contributed by atoms with Crippen molar-refractivity contribution in [2.24, 2.45) is 0 Å². The number of ether oxygens (including phenoxy) is 2. The highest BCUT2D eigenvalue weighted by molar-refractivity contribution is 8.00. The lowest BCUT2D eigenvalue weighted by Gasteiger charge is -2.22. The molecule has 0 fully saturated rings. The van der Waals surface area contributed by atoms with Crippen molar-refractivity contribution in [3.63, 3.8) is 0 Å². The van der Waals surface area contributed by atoms with Gasteiger partial charge in [-0.1, -0.05) is 36.0 Å². The first-order valence-corrected chi connectivity index (χ1v) is 10.8. The number of hydrogen-bond donors (Lipinski definition) is 0. The first-order valence-electron chi connectivity index (χ1n) is 8.92. The first kappa shape index (κ1) is 20.7. The number of benzene rings is 1. The number of thiophene rings is 1. The summed E-state index contributed by atoms with van der Waals surface area (Å²) in [6.07, 6.45) is 0. The SMILES string of the molecule is COCCN(CCOC)C(=O)CSc1nc(-c2cccs2)nc2ccccc12. The van der Waals surface area contributed by atoms with Crippen LogP contribution in [-0.4, -0.2) is 67.1 Å². The van der Waals surface area contributed by atoms with E-state index in [4.69, 9.17) is 14.5 Å². The van der Waals surface area contributed by atoms with E-state index >= 15 is 0 Å². The van der Waals surface area contributed by atoms with Crippen LogP contribution in [0, 0.1) is 0 Å². The molecule has 0 spiro atoms. The van der Waals surface area contributed by atoms with Crippen LogP contribution in [0.1, 0.15) is 0 Å². The first-order chi connectivity index (χ1) is 13.7. The molecule has 0 bridgehead atoms. The highest BCUT2D eigenvalue weighted by Gasteiger charge is 2.16. The second-order valence-corrected chi connectivity index (χ2v) is 7.91. The number of nitrogens with zero attached hydrogens (tertiary/aromatic N) is 3. The minimum absolute atomic E-state index is 0.0412. The highest BCUT2D eigenvalue weighted by atomic mass is 32.2. The predicted molar refractivity (Wildman–Crippen MR) is 114 cm³/mol. The van der Waals surface area contributed by atoms with Gasteiger partial charge in [0.15, 0.2) is 5.82 Å². The van der Waals surface area contributed by atoms with Crippen molar-refractivity contribution >= 4 is 39.9 Å². The van der Waals surface area contributed by atoms with E-state index in [0.717, 1.165) is 20.8 Å². The summed E-state index contributed by atoms with van der Waals surface area (Å²) in [6.45, 7) is 2.09. The van der Waals surface area contributed by atoms with Gasteiger partial charge in [-0.25, -0.2) is 9.97 Å². The molecule has 0 saturated heterocycles. The van der Waals surface area contributed by atoms with Crippen LogP contribution in [0.3, 0.4) is 0 Å². The second-order valence-electron chi connectivity index (χ2n) is 6.00. The minimum atomic E-state index is 0.0412. The monoisotopic (exact) mass is 417 g/mol. The number of hydrogen-bond acceptors (Lipinski definition) is 7. The molecular weight excluding hydrogens is 394 g/mol. The number of thioether (sulfide) groups is 1. The topological polar surface area (TPSA) is 64.6 Å². The molecule has 148 valence electrons. The molecule has 3 rings (SSSR count). The number of carbonyl (C=O) groups is 1. The average molecular weight is 418 g/mol. The van der Waals surface area contributed by atoms with E-state index in [1.54, 1.807) is 30.5 Å². The van der Waals surface area contributed by atoms with Crippen LogP contribution >= 0.6 is 23.1 Å². The predicted octanol–water partition coefficient (Wildman–Crippen LogP) is 3.57. The van der Waals surface area contributed by atoms with Crippen LogP contribution in [-0.2, 0) is 14.3 Å². The molecule has 0 atom stereocenters. The van der Waals surface area contributed by atoms with E-state index in [0.29, 0.717) is 37.9 Å². The lowest BCUT2D eigenvalue weighted by molar-refractivity contribution is -0.129. The summed E-state index contributed by atoms with van der Waals surface area (Å²) in [7, 11) is 3.26. The van der Waals surface area contributed by atoms with Crippen molar-refractivity contribution < 1.29 is 14.3 Å². The molecule has 8 heteroatoms. The Kier molecular flexibility index (Phi) is 7.79. The molecule has 28 heavy (non-hydrogen) atoms. The number of methoxy groups -OCH3 is 2. The molecule has 1 amide bonds. The van der Waals surface area contributed by atoms with Gasteiger partial charge in [-0.05, 0) is 17.5 Å². The molecular formula is C20H23N3O3S2. The molecule has 0 saturated carbocycles. The minimum Gasteiger partial charge on any atom is -0.383 e. The Labute approximate surface area is 172 Å². The van der Waals surface area contributed by atoms with Gasteiger partial charge >= 0.3 is 0 Å². The van der Waals surface area contributed by atoms with Crippen molar-refractivity contribution in [2.75, 3.05) is 46.3 Å². The van der Waals surface area contributed by atoms with E-state index in [9.17, 15) is 4.79 Å². The summed E-state index contributed by atoms with van der Waals surface area (Å²) in [5, 5.41) is 3.79. The van der Waals surface area contributed by atoms with E-state index in [1.165, 1.54) is 11.8 Å². The number of rotatable bonds is 10. The largest absolute Gasteiger partial charge is 0.383 e. The van der Waals surface area contributed by atoms with Gasteiger partial charge in [-0.3, -0.25) is 4.79 Å². The van der Waals surface area contributed by atoms with Crippen LogP contribution < -0.4 is 0 Å². The third kappa shape index (κ3) is 5.29. The summed E-state index contributed by atoms with van der Waals surface area (Å²) in [5.74, 6) is 1.04. The number of fused-ring (bicyclic) bond motifs is 1. The molecule has 0 N–H and O–H groups in total. The molecule has 6 nitrogen and oxygen atoms in total. The average Bonchev–Trinajstić information content (AvgIpc) is 3.26. The van der Waals surface area contributed by atoms with Gasteiger partial charge in [0.2, 0.25) is 5.91 Å². The van der Waals surface area contributed by atoms with E-state index < -0.39 is 0 Å². The molecule has 0 aliphatic rings. The van der Waals surface area contributed by atoms with Crippen LogP contribution in [0.4, 0.5) is 0 Å². The highest BCUT2D eigenvalue weighted by Crippen LogP contribution is 2.30. The fraction of sp³-hybridized carbons (Fsp3) is 0.350. The molecule has 0 unspecified atom stereocenters. The number of carbonyl (C=O) groups excluding carboxylic acids is 1. The quantitative estimate of drug-likeness (QED) is 0.371. The lowest BCUT2D eigenvalue weighted by Crippen LogP contribution is -2.37. The zero-order valence-corrected chi connectivity index (χ0v) is 17.6. The summed E-state index contributed by atoms with van der Waals surface area (Å²) < 4.78 is 10.2.